The molecule has 1 saturated heterocycles. The molecule has 88 valence electrons. The van der Waals surface area contributed by atoms with Crippen LogP contribution in [0.25, 0.3) is 0 Å². The largest absolute Gasteiger partial charge is 0.393 e. The van der Waals surface area contributed by atoms with E-state index in [-0.39, 0.29) is 17.9 Å². The first-order chi connectivity index (χ1) is 7.09. The zero-order valence-electron chi connectivity index (χ0n) is 9.62. The minimum Gasteiger partial charge on any atom is -0.393 e. The van der Waals surface area contributed by atoms with Gasteiger partial charge in [-0.15, -0.1) is 0 Å². The van der Waals surface area contributed by atoms with Crippen molar-refractivity contribution >= 4 is 5.91 Å². The van der Waals surface area contributed by atoms with Crippen molar-refractivity contribution in [3.63, 3.8) is 0 Å². The quantitative estimate of drug-likeness (QED) is 0.629. The normalized spacial score (nSPS) is 28.5. The Morgan fingerprint density at radius 3 is 3.00 bits per heavy atom. The molecule has 0 aromatic rings. The first-order valence-electron chi connectivity index (χ1n) is 5.78. The van der Waals surface area contributed by atoms with Gasteiger partial charge in [0.25, 0.3) is 0 Å². The van der Waals surface area contributed by atoms with Crippen LogP contribution in [-0.4, -0.2) is 36.2 Å². The van der Waals surface area contributed by atoms with Crippen LogP contribution in [-0.2, 0) is 4.79 Å². The van der Waals surface area contributed by atoms with E-state index >= 15 is 0 Å². The van der Waals surface area contributed by atoms with Crippen molar-refractivity contribution in [1.82, 2.24) is 10.6 Å². The standard InChI is InChI=1S/C11H22N2O2/c1-8-7-10(4-6-12-8)11(15)13-5-3-9(2)14/h8-10,12,14H,3-7H2,1-2H3,(H,13,15). The van der Waals surface area contributed by atoms with Gasteiger partial charge in [-0.3, -0.25) is 4.79 Å². The van der Waals surface area contributed by atoms with E-state index in [1.165, 1.54) is 0 Å². The number of rotatable bonds is 4. The molecule has 1 rings (SSSR count). The Bertz CT molecular complexity index is 207. The lowest BCUT2D eigenvalue weighted by atomic mass is 9.92. The van der Waals surface area contributed by atoms with Gasteiger partial charge < -0.3 is 15.7 Å². The summed E-state index contributed by atoms with van der Waals surface area (Å²) in [7, 11) is 0. The van der Waals surface area contributed by atoms with Crippen LogP contribution >= 0.6 is 0 Å². The molecule has 0 aromatic heterocycles. The van der Waals surface area contributed by atoms with Gasteiger partial charge in [0.1, 0.15) is 0 Å². The van der Waals surface area contributed by atoms with Crippen LogP contribution in [0.15, 0.2) is 0 Å². The molecule has 3 N–H and O–H groups in total. The van der Waals surface area contributed by atoms with Crippen molar-refractivity contribution in [3.8, 4) is 0 Å². The Hall–Kier alpha value is -0.610. The number of aliphatic hydroxyl groups is 1. The van der Waals surface area contributed by atoms with E-state index in [0.29, 0.717) is 19.0 Å². The van der Waals surface area contributed by atoms with Gasteiger partial charge in [-0.05, 0) is 39.7 Å². The van der Waals surface area contributed by atoms with Gasteiger partial charge in [0.05, 0.1) is 6.10 Å². The molecule has 0 bridgehead atoms. The summed E-state index contributed by atoms with van der Waals surface area (Å²) in [6.45, 7) is 5.35. The van der Waals surface area contributed by atoms with Crippen molar-refractivity contribution in [2.75, 3.05) is 13.1 Å². The fraction of sp³-hybridized carbons (Fsp3) is 0.909. The number of piperidine rings is 1. The molecule has 0 aromatic carbocycles. The molecule has 0 saturated carbocycles. The maximum absolute atomic E-state index is 11.7. The third-order valence-corrected chi connectivity index (χ3v) is 2.86. The molecule has 0 radical (unpaired) electrons. The molecule has 4 nitrogen and oxygen atoms in total. The summed E-state index contributed by atoms with van der Waals surface area (Å²) in [5, 5.41) is 15.3. The summed E-state index contributed by atoms with van der Waals surface area (Å²) in [6, 6.07) is 0.436. The summed E-state index contributed by atoms with van der Waals surface area (Å²) in [5.41, 5.74) is 0. The summed E-state index contributed by atoms with van der Waals surface area (Å²) in [5.74, 6) is 0.291. The number of hydrogen-bond donors (Lipinski definition) is 3. The van der Waals surface area contributed by atoms with Crippen molar-refractivity contribution < 1.29 is 9.90 Å². The third kappa shape index (κ3) is 4.62. The molecule has 3 atom stereocenters. The topological polar surface area (TPSA) is 61.4 Å². The highest BCUT2D eigenvalue weighted by molar-refractivity contribution is 5.78. The van der Waals surface area contributed by atoms with E-state index in [9.17, 15) is 4.79 Å². The average molecular weight is 214 g/mol. The van der Waals surface area contributed by atoms with Crippen LogP contribution in [0.4, 0.5) is 0 Å². The van der Waals surface area contributed by atoms with Crippen molar-refractivity contribution in [3.05, 3.63) is 0 Å². The summed E-state index contributed by atoms with van der Waals surface area (Å²) in [6.07, 6.45) is 2.13. The Kier molecular flexibility index (Phi) is 5.05. The lowest BCUT2D eigenvalue weighted by molar-refractivity contribution is -0.126. The van der Waals surface area contributed by atoms with Crippen LogP contribution < -0.4 is 10.6 Å². The third-order valence-electron chi connectivity index (χ3n) is 2.86. The van der Waals surface area contributed by atoms with Gasteiger partial charge in [-0.1, -0.05) is 0 Å². The number of carbonyl (C=O) groups excluding carboxylic acids is 1. The molecular weight excluding hydrogens is 192 g/mol. The van der Waals surface area contributed by atoms with E-state index in [4.69, 9.17) is 5.11 Å². The van der Waals surface area contributed by atoms with Crippen LogP contribution in [0.3, 0.4) is 0 Å². The van der Waals surface area contributed by atoms with Crippen molar-refractivity contribution in [2.45, 2.75) is 45.3 Å². The number of aliphatic hydroxyl groups excluding tert-OH is 1. The van der Waals surface area contributed by atoms with E-state index in [1.54, 1.807) is 6.92 Å². The van der Waals surface area contributed by atoms with Gasteiger partial charge in [0, 0.05) is 18.5 Å². The second-order valence-electron chi connectivity index (χ2n) is 4.51. The van der Waals surface area contributed by atoms with Crippen LogP contribution in [0, 0.1) is 5.92 Å². The van der Waals surface area contributed by atoms with Crippen molar-refractivity contribution in [2.24, 2.45) is 5.92 Å². The highest BCUT2D eigenvalue weighted by Gasteiger charge is 2.24. The summed E-state index contributed by atoms with van der Waals surface area (Å²) in [4.78, 5) is 11.7. The molecule has 1 fully saturated rings. The number of carbonyl (C=O) groups is 1. The predicted octanol–water partition coefficient (Wildman–Crippen LogP) is 0.262. The van der Waals surface area contributed by atoms with Gasteiger partial charge in [0.2, 0.25) is 5.91 Å². The lowest BCUT2D eigenvalue weighted by Gasteiger charge is -2.27. The molecule has 1 amide bonds. The minimum absolute atomic E-state index is 0.143. The van der Waals surface area contributed by atoms with Crippen LogP contribution in [0.5, 0.6) is 0 Å². The lowest BCUT2D eigenvalue weighted by Crippen LogP contribution is -2.42. The minimum atomic E-state index is -0.336. The Balaban J connectivity index is 2.21. The Morgan fingerprint density at radius 2 is 2.40 bits per heavy atom. The van der Waals surface area contributed by atoms with Gasteiger partial charge in [-0.2, -0.15) is 0 Å². The fourth-order valence-electron chi connectivity index (χ4n) is 1.92. The second-order valence-corrected chi connectivity index (χ2v) is 4.51. The SMILES string of the molecule is CC(O)CCNC(=O)C1CCNC(C)C1. The smallest absolute Gasteiger partial charge is 0.223 e. The summed E-state index contributed by atoms with van der Waals surface area (Å²) >= 11 is 0. The zero-order valence-corrected chi connectivity index (χ0v) is 9.62. The zero-order chi connectivity index (χ0) is 11.3. The maximum atomic E-state index is 11.7. The Labute approximate surface area is 91.4 Å². The van der Waals surface area contributed by atoms with E-state index < -0.39 is 0 Å². The van der Waals surface area contributed by atoms with Crippen LogP contribution in [0.1, 0.15) is 33.1 Å². The molecule has 3 unspecified atom stereocenters. The van der Waals surface area contributed by atoms with Crippen molar-refractivity contribution in [1.29, 1.82) is 0 Å². The van der Waals surface area contributed by atoms with Crippen LogP contribution in [0.2, 0.25) is 0 Å². The van der Waals surface area contributed by atoms with E-state index in [0.717, 1.165) is 19.4 Å². The monoisotopic (exact) mass is 214 g/mol. The molecular formula is C11H22N2O2. The van der Waals surface area contributed by atoms with Gasteiger partial charge >= 0.3 is 0 Å². The second kappa shape index (κ2) is 6.08. The molecule has 4 heteroatoms. The Morgan fingerprint density at radius 1 is 1.67 bits per heavy atom. The molecule has 0 spiro atoms. The fourth-order valence-corrected chi connectivity index (χ4v) is 1.92. The summed E-state index contributed by atoms with van der Waals surface area (Å²) < 4.78 is 0. The van der Waals surface area contributed by atoms with Gasteiger partial charge in [0.15, 0.2) is 0 Å². The molecule has 1 aliphatic heterocycles. The molecule has 1 aliphatic rings. The van der Waals surface area contributed by atoms with Gasteiger partial charge in [-0.25, -0.2) is 0 Å². The maximum Gasteiger partial charge on any atom is 0.223 e. The molecule has 15 heavy (non-hydrogen) atoms. The van der Waals surface area contributed by atoms with E-state index in [1.807, 2.05) is 0 Å². The first-order valence-corrected chi connectivity index (χ1v) is 5.78. The number of hydrogen-bond acceptors (Lipinski definition) is 3. The van der Waals surface area contributed by atoms with E-state index in [2.05, 4.69) is 17.6 Å². The highest BCUT2D eigenvalue weighted by Crippen LogP contribution is 2.15. The average Bonchev–Trinajstić information content (AvgIpc) is 2.17. The molecule has 1 heterocycles. The number of nitrogens with one attached hydrogen (secondary N) is 2. The molecule has 0 aliphatic carbocycles. The highest BCUT2D eigenvalue weighted by atomic mass is 16.3. The first kappa shape index (κ1) is 12.5. The predicted molar refractivity (Wildman–Crippen MR) is 59.5 cm³/mol. The number of amides is 1.